The van der Waals surface area contributed by atoms with Gasteiger partial charge < -0.3 is 10.1 Å². The van der Waals surface area contributed by atoms with Crippen LogP contribution in [0.15, 0.2) is 48.5 Å². The molecule has 0 atom stereocenters. The molecule has 0 unspecified atom stereocenters. The maximum Gasteiger partial charge on any atom is 0.0992 e. The standard InChI is InChI=1S/C16H16N2O/c1-19-12-15-7-3-2-6-14(15)11-18-16-8-4-5-13(9-16)10-17/h2-9,18H,11-12H2,1H3. The molecule has 96 valence electrons. The highest BCUT2D eigenvalue weighted by atomic mass is 16.5. The van der Waals surface area contributed by atoms with Crippen molar-refractivity contribution < 1.29 is 4.74 Å². The minimum atomic E-state index is 0.607. The number of anilines is 1. The van der Waals surface area contributed by atoms with E-state index in [1.165, 1.54) is 11.1 Å². The van der Waals surface area contributed by atoms with E-state index >= 15 is 0 Å². The number of methoxy groups -OCH3 is 1. The first-order chi connectivity index (χ1) is 9.33. The van der Waals surface area contributed by atoms with Crippen LogP contribution in [0.25, 0.3) is 0 Å². The summed E-state index contributed by atoms with van der Waals surface area (Å²) in [5, 5.41) is 12.2. The van der Waals surface area contributed by atoms with E-state index in [4.69, 9.17) is 10.00 Å². The van der Waals surface area contributed by atoms with Gasteiger partial charge >= 0.3 is 0 Å². The lowest BCUT2D eigenvalue weighted by Gasteiger charge is -2.11. The maximum atomic E-state index is 8.87. The van der Waals surface area contributed by atoms with Crippen LogP contribution in [0, 0.1) is 11.3 Å². The van der Waals surface area contributed by atoms with Crippen LogP contribution in [0.2, 0.25) is 0 Å². The Balaban J connectivity index is 2.08. The smallest absolute Gasteiger partial charge is 0.0992 e. The minimum Gasteiger partial charge on any atom is -0.381 e. The van der Waals surface area contributed by atoms with Crippen molar-refractivity contribution in [2.75, 3.05) is 12.4 Å². The molecule has 2 rings (SSSR count). The zero-order chi connectivity index (χ0) is 13.5. The second-order valence-electron chi connectivity index (χ2n) is 4.25. The number of benzene rings is 2. The van der Waals surface area contributed by atoms with E-state index in [0.717, 1.165) is 5.69 Å². The van der Waals surface area contributed by atoms with Crippen molar-refractivity contribution in [2.24, 2.45) is 0 Å². The second-order valence-corrected chi connectivity index (χ2v) is 4.25. The predicted octanol–water partition coefficient (Wildman–Crippen LogP) is 3.32. The van der Waals surface area contributed by atoms with Gasteiger partial charge in [-0.2, -0.15) is 5.26 Å². The van der Waals surface area contributed by atoms with E-state index in [2.05, 4.69) is 23.5 Å². The number of hydrogen-bond acceptors (Lipinski definition) is 3. The third-order valence-corrected chi connectivity index (χ3v) is 2.89. The van der Waals surface area contributed by atoms with Crippen LogP contribution in [0.5, 0.6) is 0 Å². The molecular formula is C16H16N2O. The molecule has 1 N–H and O–H groups in total. The molecule has 19 heavy (non-hydrogen) atoms. The molecule has 0 amide bonds. The molecule has 0 saturated carbocycles. The summed E-state index contributed by atoms with van der Waals surface area (Å²) in [5.74, 6) is 0. The first-order valence-electron chi connectivity index (χ1n) is 6.13. The summed E-state index contributed by atoms with van der Waals surface area (Å²) in [6, 6.07) is 17.8. The molecule has 0 spiro atoms. The summed E-state index contributed by atoms with van der Waals surface area (Å²) >= 11 is 0. The molecule has 0 radical (unpaired) electrons. The first-order valence-corrected chi connectivity index (χ1v) is 6.13. The topological polar surface area (TPSA) is 45.0 Å². The Morgan fingerprint density at radius 2 is 1.89 bits per heavy atom. The Morgan fingerprint density at radius 3 is 2.63 bits per heavy atom. The maximum absolute atomic E-state index is 8.87. The molecule has 2 aromatic carbocycles. The van der Waals surface area contributed by atoms with Gasteiger partial charge in [0, 0.05) is 19.3 Å². The van der Waals surface area contributed by atoms with E-state index < -0.39 is 0 Å². The van der Waals surface area contributed by atoms with Gasteiger partial charge in [0.2, 0.25) is 0 Å². The molecule has 0 aromatic heterocycles. The molecule has 3 heteroatoms. The highest BCUT2D eigenvalue weighted by Crippen LogP contribution is 2.14. The van der Waals surface area contributed by atoms with Crippen molar-refractivity contribution in [3.8, 4) is 6.07 Å². The Morgan fingerprint density at radius 1 is 1.11 bits per heavy atom. The van der Waals surface area contributed by atoms with Gasteiger partial charge in [0.1, 0.15) is 0 Å². The van der Waals surface area contributed by atoms with E-state index in [9.17, 15) is 0 Å². The number of nitriles is 1. The summed E-state index contributed by atoms with van der Waals surface area (Å²) in [7, 11) is 1.70. The minimum absolute atomic E-state index is 0.607. The monoisotopic (exact) mass is 252 g/mol. The lowest BCUT2D eigenvalue weighted by atomic mass is 10.1. The quantitative estimate of drug-likeness (QED) is 0.887. The SMILES string of the molecule is COCc1ccccc1CNc1cccc(C#N)c1. The lowest BCUT2D eigenvalue weighted by molar-refractivity contribution is 0.184. The fourth-order valence-corrected chi connectivity index (χ4v) is 1.92. The molecule has 0 heterocycles. The largest absolute Gasteiger partial charge is 0.381 e. The Hall–Kier alpha value is -2.31. The number of nitrogens with zero attached hydrogens (tertiary/aromatic N) is 1. The van der Waals surface area contributed by atoms with Gasteiger partial charge in [-0.05, 0) is 29.3 Å². The van der Waals surface area contributed by atoms with Gasteiger partial charge in [-0.3, -0.25) is 0 Å². The van der Waals surface area contributed by atoms with Gasteiger partial charge in [0.05, 0.1) is 18.2 Å². The van der Waals surface area contributed by atoms with Crippen LogP contribution in [0.1, 0.15) is 16.7 Å². The number of nitrogens with one attached hydrogen (secondary N) is 1. The molecule has 3 nitrogen and oxygen atoms in total. The zero-order valence-electron chi connectivity index (χ0n) is 10.9. The van der Waals surface area contributed by atoms with E-state index in [1.54, 1.807) is 13.2 Å². The van der Waals surface area contributed by atoms with Crippen molar-refractivity contribution in [3.05, 3.63) is 65.2 Å². The molecule has 0 aliphatic rings. The second kappa shape index (κ2) is 6.58. The van der Waals surface area contributed by atoms with Gasteiger partial charge in [0.25, 0.3) is 0 Å². The Labute approximate surface area is 113 Å². The number of hydrogen-bond donors (Lipinski definition) is 1. The first kappa shape index (κ1) is 13.1. The molecule has 0 fully saturated rings. The van der Waals surface area contributed by atoms with Gasteiger partial charge in [-0.15, -0.1) is 0 Å². The summed E-state index contributed by atoms with van der Waals surface area (Å²) in [4.78, 5) is 0. The summed E-state index contributed by atoms with van der Waals surface area (Å²) in [5.41, 5.74) is 3.99. The van der Waals surface area contributed by atoms with Crippen LogP contribution in [-0.2, 0) is 17.9 Å². The Kier molecular flexibility index (Phi) is 4.54. The van der Waals surface area contributed by atoms with Gasteiger partial charge in [-0.25, -0.2) is 0 Å². The fraction of sp³-hybridized carbons (Fsp3) is 0.188. The summed E-state index contributed by atoms with van der Waals surface area (Å²) in [6.45, 7) is 1.32. The van der Waals surface area contributed by atoms with Crippen LogP contribution in [-0.4, -0.2) is 7.11 Å². The summed E-state index contributed by atoms with van der Waals surface area (Å²) < 4.78 is 5.19. The molecule has 0 bridgehead atoms. The number of rotatable bonds is 5. The number of ether oxygens (including phenoxy) is 1. The van der Waals surface area contributed by atoms with E-state index in [-0.39, 0.29) is 0 Å². The van der Waals surface area contributed by atoms with Gasteiger partial charge in [-0.1, -0.05) is 30.3 Å². The summed E-state index contributed by atoms with van der Waals surface area (Å²) in [6.07, 6.45) is 0. The fourth-order valence-electron chi connectivity index (χ4n) is 1.92. The van der Waals surface area contributed by atoms with Crippen LogP contribution < -0.4 is 5.32 Å². The van der Waals surface area contributed by atoms with Crippen LogP contribution in [0.3, 0.4) is 0 Å². The molecule has 0 aliphatic heterocycles. The average molecular weight is 252 g/mol. The highest BCUT2D eigenvalue weighted by molar-refractivity contribution is 5.49. The lowest BCUT2D eigenvalue weighted by Crippen LogP contribution is -2.03. The van der Waals surface area contributed by atoms with Gasteiger partial charge in [0.15, 0.2) is 0 Å². The van der Waals surface area contributed by atoms with Crippen molar-refractivity contribution in [2.45, 2.75) is 13.2 Å². The van der Waals surface area contributed by atoms with Crippen molar-refractivity contribution in [3.63, 3.8) is 0 Å². The normalized spacial score (nSPS) is 9.89. The van der Waals surface area contributed by atoms with E-state index in [0.29, 0.717) is 18.7 Å². The van der Waals surface area contributed by atoms with Crippen molar-refractivity contribution in [1.82, 2.24) is 0 Å². The van der Waals surface area contributed by atoms with Crippen molar-refractivity contribution in [1.29, 1.82) is 5.26 Å². The molecular weight excluding hydrogens is 236 g/mol. The average Bonchev–Trinajstić information content (AvgIpc) is 2.47. The Bertz CT molecular complexity index is 587. The third-order valence-electron chi connectivity index (χ3n) is 2.89. The van der Waals surface area contributed by atoms with Crippen LogP contribution >= 0.6 is 0 Å². The molecule has 0 aliphatic carbocycles. The van der Waals surface area contributed by atoms with Crippen LogP contribution in [0.4, 0.5) is 5.69 Å². The predicted molar refractivity (Wildman–Crippen MR) is 75.6 cm³/mol. The van der Waals surface area contributed by atoms with E-state index in [1.807, 2.05) is 30.3 Å². The van der Waals surface area contributed by atoms with Crippen molar-refractivity contribution >= 4 is 5.69 Å². The zero-order valence-corrected chi connectivity index (χ0v) is 10.9. The third kappa shape index (κ3) is 3.57. The highest BCUT2D eigenvalue weighted by Gasteiger charge is 2.01. The molecule has 2 aromatic rings. The molecule has 0 saturated heterocycles.